The van der Waals surface area contributed by atoms with E-state index in [9.17, 15) is 0 Å². The van der Waals surface area contributed by atoms with Crippen LogP contribution in [-0.2, 0) is 4.74 Å². The van der Waals surface area contributed by atoms with Crippen LogP contribution in [-0.4, -0.2) is 25.8 Å². The molecular weight excluding hydrogens is 210 g/mol. The maximum atomic E-state index is 5.79. The molecule has 2 fully saturated rings. The lowest BCUT2D eigenvalue weighted by Crippen LogP contribution is -2.47. The molecule has 0 aromatic rings. The zero-order chi connectivity index (χ0) is 12.1. The summed E-state index contributed by atoms with van der Waals surface area (Å²) < 4.78 is 5.79. The fraction of sp³-hybridized carbons (Fsp3) is 1.00. The number of nitrogens with one attached hydrogen (secondary N) is 1. The molecular formula is C15H29NO. The average molecular weight is 239 g/mol. The molecule has 1 N–H and O–H groups in total. The van der Waals surface area contributed by atoms with E-state index in [0.717, 1.165) is 5.92 Å². The summed E-state index contributed by atoms with van der Waals surface area (Å²) in [5, 5.41) is 3.58. The monoisotopic (exact) mass is 239 g/mol. The van der Waals surface area contributed by atoms with Crippen molar-refractivity contribution >= 4 is 0 Å². The summed E-state index contributed by atoms with van der Waals surface area (Å²) in [7, 11) is 4.04. The van der Waals surface area contributed by atoms with Crippen LogP contribution in [0.25, 0.3) is 0 Å². The molecule has 1 unspecified atom stereocenters. The van der Waals surface area contributed by atoms with E-state index < -0.39 is 0 Å². The number of hydrogen-bond acceptors (Lipinski definition) is 2. The third-order valence-corrected chi connectivity index (χ3v) is 5.13. The van der Waals surface area contributed by atoms with Crippen molar-refractivity contribution in [3.05, 3.63) is 0 Å². The summed E-state index contributed by atoms with van der Waals surface area (Å²) in [6, 6.07) is 0.674. The quantitative estimate of drug-likeness (QED) is 0.741. The molecule has 1 atom stereocenters. The first-order valence-corrected chi connectivity index (χ1v) is 7.52. The summed E-state index contributed by atoms with van der Waals surface area (Å²) in [5.41, 5.74) is 0.222. The number of rotatable bonds is 5. The number of hydrogen-bond donors (Lipinski definition) is 1. The summed E-state index contributed by atoms with van der Waals surface area (Å²) in [6.45, 7) is 0. The minimum Gasteiger partial charge on any atom is -0.378 e. The van der Waals surface area contributed by atoms with Gasteiger partial charge in [0.25, 0.3) is 0 Å². The van der Waals surface area contributed by atoms with E-state index in [1.54, 1.807) is 0 Å². The van der Waals surface area contributed by atoms with Crippen molar-refractivity contribution in [3.63, 3.8) is 0 Å². The van der Waals surface area contributed by atoms with Gasteiger partial charge in [0.05, 0.1) is 5.60 Å². The van der Waals surface area contributed by atoms with E-state index >= 15 is 0 Å². The zero-order valence-corrected chi connectivity index (χ0v) is 11.6. The molecule has 17 heavy (non-hydrogen) atoms. The Morgan fingerprint density at radius 2 is 1.76 bits per heavy atom. The van der Waals surface area contributed by atoms with Crippen LogP contribution >= 0.6 is 0 Å². The van der Waals surface area contributed by atoms with Gasteiger partial charge in [0.1, 0.15) is 0 Å². The Bertz CT molecular complexity index is 211. The standard InChI is InChI=1S/C15H29NO/c1-16-14(12-15(17-2)10-7-11-15)13-8-5-3-4-6-9-13/h13-14,16H,3-12H2,1-2H3. The topological polar surface area (TPSA) is 21.3 Å². The van der Waals surface area contributed by atoms with Crippen LogP contribution in [0, 0.1) is 5.92 Å². The van der Waals surface area contributed by atoms with Crippen molar-refractivity contribution in [3.8, 4) is 0 Å². The third kappa shape index (κ3) is 3.23. The molecule has 2 rings (SSSR count). The Morgan fingerprint density at radius 1 is 1.12 bits per heavy atom. The van der Waals surface area contributed by atoms with Crippen molar-refractivity contribution in [1.29, 1.82) is 0 Å². The first-order valence-electron chi connectivity index (χ1n) is 7.52. The fourth-order valence-electron chi connectivity index (χ4n) is 3.68. The molecule has 100 valence electrons. The largest absolute Gasteiger partial charge is 0.378 e. The molecule has 0 aromatic heterocycles. The van der Waals surface area contributed by atoms with E-state index in [4.69, 9.17) is 4.74 Å². The fourth-order valence-corrected chi connectivity index (χ4v) is 3.68. The van der Waals surface area contributed by atoms with Gasteiger partial charge >= 0.3 is 0 Å². The first-order chi connectivity index (χ1) is 8.29. The van der Waals surface area contributed by atoms with Crippen LogP contribution in [0.1, 0.15) is 64.2 Å². The lowest BCUT2D eigenvalue weighted by Gasteiger charge is -2.44. The molecule has 0 aromatic carbocycles. The second-order valence-electron chi connectivity index (χ2n) is 6.09. The van der Waals surface area contributed by atoms with E-state index in [1.807, 2.05) is 7.11 Å². The zero-order valence-electron chi connectivity index (χ0n) is 11.6. The van der Waals surface area contributed by atoms with Crippen LogP contribution < -0.4 is 5.32 Å². The normalized spacial score (nSPS) is 27.2. The Balaban J connectivity index is 1.90. The average Bonchev–Trinajstić information content (AvgIpc) is 2.57. The van der Waals surface area contributed by atoms with Crippen molar-refractivity contribution < 1.29 is 4.74 Å². The van der Waals surface area contributed by atoms with Crippen LogP contribution in [0.4, 0.5) is 0 Å². The van der Waals surface area contributed by atoms with Crippen LogP contribution in [0.5, 0.6) is 0 Å². The molecule has 0 spiro atoms. The summed E-state index contributed by atoms with van der Waals surface area (Å²) in [5.74, 6) is 0.884. The molecule has 0 radical (unpaired) electrons. The molecule has 0 aliphatic heterocycles. The van der Waals surface area contributed by atoms with Crippen LogP contribution in [0.3, 0.4) is 0 Å². The molecule has 2 aliphatic carbocycles. The summed E-state index contributed by atoms with van der Waals surface area (Å²) in [6.07, 6.45) is 13.7. The lowest BCUT2D eigenvalue weighted by molar-refractivity contribution is -0.0869. The maximum absolute atomic E-state index is 5.79. The van der Waals surface area contributed by atoms with Gasteiger partial charge in [-0.1, -0.05) is 25.7 Å². The van der Waals surface area contributed by atoms with Crippen molar-refractivity contribution in [2.75, 3.05) is 14.2 Å². The predicted molar refractivity (Wildman–Crippen MR) is 72.2 cm³/mol. The highest BCUT2D eigenvalue weighted by Gasteiger charge is 2.40. The second kappa shape index (κ2) is 6.19. The molecule has 0 heterocycles. The highest BCUT2D eigenvalue weighted by Crippen LogP contribution is 2.41. The molecule has 2 aliphatic rings. The molecule has 2 saturated carbocycles. The molecule has 0 saturated heterocycles. The third-order valence-electron chi connectivity index (χ3n) is 5.13. The SMILES string of the molecule is CNC(CC1(OC)CCC1)C1CCCCCC1. The number of methoxy groups -OCH3 is 1. The van der Waals surface area contributed by atoms with Gasteiger partial charge in [-0.25, -0.2) is 0 Å². The molecule has 2 heteroatoms. The van der Waals surface area contributed by atoms with Gasteiger partial charge in [-0.15, -0.1) is 0 Å². The minimum absolute atomic E-state index is 0.222. The highest BCUT2D eigenvalue weighted by atomic mass is 16.5. The van der Waals surface area contributed by atoms with Gasteiger partial charge in [-0.2, -0.15) is 0 Å². The first kappa shape index (κ1) is 13.4. The smallest absolute Gasteiger partial charge is 0.0693 e. The van der Waals surface area contributed by atoms with E-state index in [-0.39, 0.29) is 5.60 Å². The van der Waals surface area contributed by atoms with Gasteiger partial charge in [0.15, 0.2) is 0 Å². The van der Waals surface area contributed by atoms with Crippen molar-refractivity contribution in [1.82, 2.24) is 5.32 Å². The van der Waals surface area contributed by atoms with Gasteiger partial charge in [0, 0.05) is 13.2 Å². The van der Waals surface area contributed by atoms with Crippen molar-refractivity contribution in [2.45, 2.75) is 75.9 Å². The van der Waals surface area contributed by atoms with Crippen molar-refractivity contribution in [2.24, 2.45) is 5.92 Å². The Kier molecular flexibility index (Phi) is 4.87. The van der Waals surface area contributed by atoms with Gasteiger partial charge < -0.3 is 10.1 Å². The van der Waals surface area contributed by atoms with Gasteiger partial charge in [0.2, 0.25) is 0 Å². The van der Waals surface area contributed by atoms with Gasteiger partial charge in [-0.3, -0.25) is 0 Å². The molecule has 2 nitrogen and oxygen atoms in total. The van der Waals surface area contributed by atoms with Crippen LogP contribution in [0.2, 0.25) is 0 Å². The van der Waals surface area contributed by atoms with Crippen LogP contribution in [0.15, 0.2) is 0 Å². The summed E-state index contributed by atoms with van der Waals surface area (Å²) >= 11 is 0. The van der Waals surface area contributed by atoms with Gasteiger partial charge in [-0.05, 0) is 51.5 Å². The van der Waals surface area contributed by atoms with E-state index in [2.05, 4.69) is 12.4 Å². The molecule has 0 amide bonds. The maximum Gasteiger partial charge on any atom is 0.0693 e. The molecule has 0 bridgehead atoms. The summed E-state index contributed by atoms with van der Waals surface area (Å²) in [4.78, 5) is 0. The number of ether oxygens (including phenoxy) is 1. The van der Waals surface area contributed by atoms with E-state index in [0.29, 0.717) is 6.04 Å². The lowest BCUT2D eigenvalue weighted by atomic mass is 9.73. The second-order valence-corrected chi connectivity index (χ2v) is 6.09. The Hall–Kier alpha value is -0.0800. The van der Waals surface area contributed by atoms with E-state index in [1.165, 1.54) is 64.2 Å². The minimum atomic E-state index is 0.222. The Labute approximate surface area is 107 Å². The highest BCUT2D eigenvalue weighted by molar-refractivity contribution is 4.94. The Morgan fingerprint density at radius 3 is 2.18 bits per heavy atom. The predicted octanol–water partition coefficient (Wildman–Crippen LogP) is 3.50.